The van der Waals surface area contributed by atoms with E-state index in [0.29, 0.717) is 16.7 Å². The topological polar surface area (TPSA) is 41.5 Å². The summed E-state index contributed by atoms with van der Waals surface area (Å²) < 4.78 is 40.8. The molecular formula is C14H11BrF3NO2. The molecule has 2 N–H and O–H groups in total. The minimum Gasteiger partial charge on any atom is -0.507 e. The molecular weight excluding hydrogens is 351 g/mol. The van der Waals surface area contributed by atoms with Crippen LogP contribution in [0.3, 0.4) is 0 Å². The molecule has 0 unspecified atom stereocenters. The highest BCUT2D eigenvalue weighted by atomic mass is 79.9. The van der Waals surface area contributed by atoms with E-state index in [4.69, 9.17) is 0 Å². The lowest BCUT2D eigenvalue weighted by Gasteiger charge is -2.11. The Morgan fingerprint density at radius 1 is 1.14 bits per heavy atom. The van der Waals surface area contributed by atoms with E-state index in [0.717, 1.165) is 5.56 Å². The fourth-order valence-corrected chi connectivity index (χ4v) is 2.09. The van der Waals surface area contributed by atoms with E-state index in [1.807, 2.05) is 0 Å². The van der Waals surface area contributed by atoms with Crippen LogP contribution < -0.4 is 10.1 Å². The van der Waals surface area contributed by atoms with E-state index in [1.54, 1.807) is 18.2 Å². The van der Waals surface area contributed by atoms with E-state index < -0.39 is 6.36 Å². The van der Waals surface area contributed by atoms with Gasteiger partial charge in [0.2, 0.25) is 0 Å². The summed E-state index contributed by atoms with van der Waals surface area (Å²) in [4.78, 5) is 0. The molecule has 112 valence electrons. The number of rotatable bonds is 4. The molecule has 0 saturated carbocycles. The molecule has 0 heterocycles. The Balaban J connectivity index is 2.03. The maximum absolute atomic E-state index is 12.1. The van der Waals surface area contributed by atoms with Gasteiger partial charge in [-0.05, 0) is 45.8 Å². The molecule has 0 aromatic heterocycles. The molecule has 7 heteroatoms. The van der Waals surface area contributed by atoms with Crippen LogP contribution >= 0.6 is 15.9 Å². The van der Waals surface area contributed by atoms with Crippen molar-refractivity contribution in [2.75, 3.05) is 5.32 Å². The fourth-order valence-electron chi connectivity index (χ4n) is 1.67. The van der Waals surface area contributed by atoms with Crippen LogP contribution in [-0.2, 0) is 6.54 Å². The van der Waals surface area contributed by atoms with Gasteiger partial charge in [-0.1, -0.05) is 12.1 Å². The molecule has 21 heavy (non-hydrogen) atoms. The molecule has 0 aliphatic carbocycles. The first-order chi connectivity index (χ1) is 9.83. The van der Waals surface area contributed by atoms with Gasteiger partial charge in [0.1, 0.15) is 11.5 Å². The summed E-state index contributed by atoms with van der Waals surface area (Å²) >= 11 is 3.19. The minimum atomic E-state index is -4.71. The second-order valence-corrected chi connectivity index (χ2v) is 5.07. The lowest BCUT2D eigenvalue weighted by molar-refractivity contribution is -0.274. The number of hydrogen-bond donors (Lipinski definition) is 2. The predicted octanol–water partition coefficient (Wildman–Crippen LogP) is 4.67. The summed E-state index contributed by atoms with van der Waals surface area (Å²) in [5.41, 5.74) is 1.36. The van der Waals surface area contributed by atoms with Crippen molar-refractivity contribution < 1.29 is 23.0 Å². The van der Waals surface area contributed by atoms with Crippen molar-refractivity contribution in [2.24, 2.45) is 0 Å². The lowest BCUT2D eigenvalue weighted by Crippen LogP contribution is -2.17. The van der Waals surface area contributed by atoms with Crippen molar-refractivity contribution in [3.05, 3.63) is 52.5 Å². The van der Waals surface area contributed by atoms with Crippen LogP contribution in [0.1, 0.15) is 5.56 Å². The molecule has 0 radical (unpaired) electrons. The summed E-state index contributed by atoms with van der Waals surface area (Å²) in [6.45, 7) is 0.397. The Kier molecular flexibility index (Phi) is 4.62. The number of benzene rings is 2. The average Bonchev–Trinajstić information content (AvgIpc) is 2.39. The maximum Gasteiger partial charge on any atom is 0.573 e. The number of anilines is 1. The van der Waals surface area contributed by atoms with Gasteiger partial charge in [-0.2, -0.15) is 0 Å². The number of phenolic OH excluding ortho intramolecular Hbond substituents is 1. The van der Waals surface area contributed by atoms with Gasteiger partial charge in [0.25, 0.3) is 0 Å². The van der Waals surface area contributed by atoms with Crippen molar-refractivity contribution in [2.45, 2.75) is 12.9 Å². The van der Waals surface area contributed by atoms with Gasteiger partial charge < -0.3 is 15.2 Å². The Bertz CT molecular complexity index is 632. The zero-order valence-electron chi connectivity index (χ0n) is 10.6. The molecule has 2 rings (SSSR count). The van der Waals surface area contributed by atoms with Crippen molar-refractivity contribution in [1.29, 1.82) is 0 Å². The largest absolute Gasteiger partial charge is 0.573 e. The number of aromatic hydroxyl groups is 1. The standard InChI is InChI=1S/C14H11BrF3NO2/c15-12-6-9(4-5-13(12)20)8-19-10-2-1-3-11(7-10)21-14(16,17)18/h1-7,19-20H,8H2. The highest BCUT2D eigenvalue weighted by Gasteiger charge is 2.31. The summed E-state index contributed by atoms with van der Waals surface area (Å²) in [5.74, 6) is -0.154. The number of alkyl halides is 3. The third-order valence-corrected chi connectivity index (χ3v) is 3.21. The Morgan fingerprint density at radius 2 is 1.90 bits per heavy atom. The molecule has 0 aliphatic heterocycles. The Hall–Kier alpha value is -1.89. The Labute approximate surface area is 127 Å². The van der Waals surface area contributed by atoms with Crippen LogP contribution in [0, 0.1) is 0 Å². The van der Waals surface area contributed by atoms with Crippen molar-refractivity contribution in [1.82, 2.24) is 0 Å². The van der Waals surface area contributed by atoms with Crippen LogP contribution in [0.15, 0.2) is 46.9 Å². The second-order valence-electron chi connectivity index (χ2n) is 4.21. The number of phenols is 1. The third kappa shape index (κ3) is 4.86. The van der Waals surface area contributed by atoms with Crippen LogP contribution in [0.25, 0.3) is 0 Å². The van der Waals surface area contributed by atoms with Gasteiger partial charge in [-0.15, -0.1) is 13.2 Å². The summed E-state index contributed by atoms with van der Waals surface area (Å²) in [7, 11) is 0. The predicted molar refractivity (Wildman–Crippen MR) is 76.3 cm³/mol. The quantitative estimate of drug-likeness (QED) is 0.831. The first-order valence-corrected chi connectivity index (χ1v) is 6.70. The maximum atomic E-state index is 12.1. The van der Waals surface area contributed by atoms with E-state index in [2.05, 4.69) is 26.0 Å². The number of nitrogens with one attached hydrogen (secondary N) is 1. The molecule has 3 nitrogen and oxygen atoms in total. The number of ether oxygens (including phenoxy) is 1. The molecule has 0 bridgehead atoms. The van der Waals surface area contributed by atoms with Crippen LogP contribution in [-0.4, -0.2) is 11.5 Å². The van der Waals surface area contributed by atoms with Gasteiger partial charge in [0.05, 0.1) is 4.47 Å². The van der Waals surface area contributed by atoms with Gasteiger partial charge in [-0.25, -0.2) is 0 Å². The third-order valence-electron chi connectivity index (χ3n) is 2.58. The van der Waals surface area contributed by atoms with Crippen molar-refractivity contribution in [3.8, 4) is 11.5 Å². The van der Waals surface area contributed by atoms with Crippen LogP contribution in [0.4, 0.5) is 18.9 Å². The molecule has 0 fully saturated rings. The molecule has 0 amide bonds. The highest BCUT2D eigenvalue weighted by Crippen LogP contribution is 2.27. The van der Waals surface area contributed by atoms with Crippen molar-refractivity contribution in [3.63, 3.8) is 0 Å². The van der Waals surface area contributed by atoms with E-state index in [9.17, 15) is 18.3 Å². The smallest absolute Gasteiger partial charge is 0.507 e. The summed E-state index contributed by atoms with van der Waals surface area (Å²) in [5, 5.41) is 12.4. The SMILES string of the molecule is Oc1ccc(CNc2cccc(OC(F)(F)F)c2)cc1Br. The van der Waals surface area contributed by atoms with Gasteiger partial charge in [0, 0.05) is 18.3 Å². The first kappa shape index (κ1) is 15.5. The summed E-state index contributed by atoms with van der Waals surface area (Å²) in [6.07, 6.45) is -4.71. The summed E-state index contributed by atoms with van der Waals surface area (Å²) in [6, 6.07) is 10.6. The second kappa shape index (κ2) is 6.26. The Morgan fingerprint density at radius 3 is 2.57 bits per heavy atom. The number of halogens is 4. The highest BCUT2D eigenvalue weighted by molar-refractivity contribution is 9.10. The zero-order valence-corrected chi connectivity index (χ0v) is 12.2. The molecule has 2 aromatic carbocycles. The average molecular weight is 362 g/mol. The van der Waals surface area contributed by atoms with Crippen LogP contribution in [0.5, 0.6) is 11.5 Å². The number of hydrogen-bond acceptors (Lipinski definition) is 3. The van der Waals surface area contributed by atoms with Crippen molar-refractivity contribution >= 4 is 21.6 Å². The minimum absolute atomic E-state index is 0.124. The lowest BCUT2D eigenvalue weighted by atomic mass is 10.2. The first-order valence-electron chi connectivity index (χ1n) is 5.90. The normalized spacial score (nSPS) is 11.2. The monoisotopic (exact) mass is 361 g/mol. The fraction of sp³-hybridized carbons (Fsp3) is 0.143. The van der Waals surface area contributed by atoms with Gasteiger partial charge in [0.15, 0.2) is 0 Å². The molecule has 0 spiro atoms. The van der Waals surface area contributed by atoms with E-state index in [-0.39, 0.29) is 11.5 Å². The molecule has 0 atom stereocenters. The zero-order chi connectivity index (χ0) is 15.5. The van der Waals surface area contributed by atoms with E-state index >= 15 is 0 Å². The van der Waals surface area contributed by atoms with Gasteiger partial charge in [-0.3, -0.25) is 0 Å². The molecule has 0 aliphatic rings. The molecule has 0 saturated heterocycles. The molecule has 2 aromatic rings. The van der Waals surface area contributed by atoms with Crippen LogP contribution in [0.2, 0.25) is 0 Å². The van der Waals surface area contributed by atoms with E-state index in [1.165, 1.54) is 24.3 Å². The van der Waals surface area contributed by atoms with Gasteiger partial charge >= 0.3 is 6.36 Å².